The number of thioether (sulfide) groups is 2. The Labute approximate surface area is 138 Å². The fourth-order valence-corrected chi connectivity index (χ4v) is 5.29. The zero-order chi connectivity index (χ0) is 14.9. The summed E-state index contributed by atoms with van der Waals surface area (Å²) in [6, 6.07) is 14.3. The molecule has 0 fully saturated rings. The lowest BCUT2D eigenvalue weighted by molar-refractivity contribution is 0.112. The van der Waals surface area contributed by atoms with Crippen molar-refractivity contribution in [1.82, 2.24) is 0 Å². The molecule has 0 atom stereocenters. The minimum absolute atomic E-state index is 0.723. The van der Waals surface area contributed by atoms with Gasteiger partial charge in [-0.1, -0.05) is 66.0 Å². The van der Waals surface area contributed by atoms with Crippen molar-refractivity contribution in [2.45, 2.75) is 22.6 Å². The molecule has 3 heteroatoms. The maximum absolute atomic E-state index is 11.0. The van der Waals surface area contributed by atoms with Gasteiger partial charge in [-0.2, -0.15) is 0 Å². The van der Waals surface area contributed by atoms with Crippen molar-refractivity contribution in [2.75, 3.05) is 0 Å². The van der Waals surface area contributed by atoms with E-state index < -0.39 is 0 Å². The summed E-state index contributed by atoms with van der Waals surface area (Å²) in [6.07, 6.45) is 7.86. The molecular weight excluding hydrogens is 308 g/mol. The first kappa shape index (κ1) is 13.9. The van der Waals surface area contributed by atoms with Gasteiger partial charge >= 0.3 is 0 Å². The lowest BCUT2D eigenvalue weighted by Gasteiger charge is -2.25. The zero-order valence-corrected chi connectivity index (χ0v) is 13.5. The average Bonchev–Trinajstić information content (AvgIpc) is 2.59. The number of aldehydes is 1. The lowest BCUT2D eigenvalue weighted by atomic mass is 10.0. The third-order valence-corrected chi connectivity index (χ3v) is 6.49. The molecule has 0 N–H and O–H groups in total. The second kappa shape index (κ2) is 5.82. The molecule has 0 saturated heterocycles. The van der Waals surface area contributed by atoms with Gasteiger partial charge in [0.05, 0.1) is 0 Å². The Morgan fingerprint density at radius 3 is 2.50 bits per heavy atom. The number of carbonyl (C=O) groups excluding carboxylic acids is 1. The van der Waals surface area contributed by atoms with Crippen LogP contribution < -0.4 is 0 Å². The van der Waals surface area contributed by atoms with Gasteiger partial charge in [-0.05, 0) is 36.1 Å². The maximum atomic E-state index is 11.0. The summed E-state index contributed by atoms with van der Waals surface area (Å²) in [5.41, 5.74) is 3.05. The molecule has 0 bridgehead atoms. The van der Waals surface area contributed by atoms with Crippen molar-refractivity contribution in [2.24, 2.45) is 0 Å². The van der Waals surface area contributed by atoms with Crippen LogP contribution in [-0.4, -0.2) is 6.29 Å². The SMILES string of the molecule is O=Cc1cccc(-c2cccc3c2SC2=CCCC=C2S3)c1. The Balaban J connectivity index is 1.84. The van der Waals surface area contributed by atoms with Crippen molar-refractivity contribution in [3.05, 3.63) is 70.0 Å². The Morgan fingerprint density at radius 2 is 1.68 bits per heavy atom. The highest BCUT2D eigenvalue weighted by molar-refractivity contribution is 8.11. The molecule has 4 rings (SSSR count). The van der Waals surface area contributed by atoms with Crippen molar-refractivity contribution in [3.63, 3.8) is 0 Å². The molecule has 0 aromatic heterocycles. The highest BCUT2D eigenvalue weighted by atomic mass is 32.2. The molecule has 0 unspecified atom stereocenters. The number of hydrogen-bond acceptors (Lipinski definition) is 3. The van der Waals surface area contributed by atoms with Crippen LogP contribution in [0.25, 0.3) is 11.1 Å². The van der Waals surface area contributed by atoms with Crippen LogP contribution in [0.3, 0.4) is 0 Å². The van der Waals surface area contributed by atoms with Gasteiger partial charge in [0.25, 0.3) is 0 Å². The predicted octanol–water partition coefficient (Wildman–Crippen LogP) is 5.93. The monoisotopic (exact) mass is 322 g/mol. The highest BCUT2D eigenvalue weighted by Gasteiger charge is 2.23. The smallest absolute Gasteiger partial charge is 0.150 e. The van der Waals surface area contributed by atoms with Crippen LogP contribution in [0, 0.1) is 0 Å². The Bertz CT molecular complexity index is 818. The quantitative estimate of drug-likeness (QED) is 0.638. The summed E-state index contributed by atoms with van der Waals surface area (Å²) in [6.45, 7) is 0. The molecule has 0 amide bonds. The van der Waals surface area contributed by atoms with Crippen LogP contribution in [-0.2, 0) is 0 Å². The van der Waals surface area contributed by atoms with Crippen LogP contribution in [0.15, 0.2) is 74.2 Å². The molecule has 108 valence electrons. The van der Waals surface area contributed by atoms with Crippen LogP contribution in [0.2, 0.25) is 0 Å². The van der Waals surface area contributed by atoms with Crippen molar-refractivity contribution >= 4 is 29.8 Å². The molecule has 1 aliphatic heterocycles. The molecule has 2 aromatic rings. The van der Waals surface area contributed by atoms with Gasteiger partial charge < -0.3 is 0 Å². The van der Waals surface area contributed by atoms with E-state index in [1.807, 2.05) is 41.7 Å². The first-order valence-corrected chi connectivity index (χ1v) is 8.93. The topological polar surface area (TPSA) is 17.1 Å². The van der Waals surface area contributed by atoms with E-state index in [2.05, 4.69) is 36.4 Å². The molecule has 0 saturated carbocycles. The maximum Gasteiger partial charge on any atom is 0.150 e. The van der Waals surface area contributed by atoms with Crippen LogP contribution >= 0.6 is 23.5 Å². The third-order valence-electron chi connectivity index (χ3n) is 3.81. The fraction of sp³-hybridized carbons (Fsp3) is 0.105. The standard InChI is InChI=1S/C19H14OS2/c20-12-13-5-3-6-14(11-13)15-7-4-10-18-19(15)22-17-9-2-1-8-16(17)21-18/h3-12H,1-2H2. The van der Waals surface area contributed by atoms with Crippen molar-refractivity contribution in [1.29, 1.82) is 0 Å². The normalized spacial score (nSPS) is 16.2. The summed E-state index contributed by atoms with van der Waals surface area (Å²) < 4.78 is 0. The van der Waals surface area contributed by atoms with Gasteiger partial charge in [-0.3, -0.25) is 4.79 Å². The van der Waals surface area contributed by atoms with E-state index in [0.29, 0.717) is 0 Å². The van der Waals surface area contributed by atoms with E-state index >= 15 is 0 Å². The molecule has 22 heavy (non-hydrogen) atoms. The average molecular weight is 322 g/mol. The minimum atomic E-state index is 0.723. The number of allylic oxidation sites excluding steroid dienone is 2. The molecule has 0 spiro atoms. The van der Waals surface area contributed by atoms with Crippen molar-refractivity contribution < 1.29 is 4.79 Å². The van der Waals surface area contributed by atoms with E-state index in [9.17, 15) is 4.79 Å². The van der Waals surface area contributed by atoms with E-state index in [4.69, 9.17) is 0 Å². The summed E-state index contributed by atoms with van der Waals surface area (Å²) in [5, 5.41) is 0. The molecule has 1 heterocycles. The van der Waals surface area contributed by atoms with E-state index in [0.717, 1.165) is 30.3 Å². The summed E-state index contributed by atoms with van der Waals surface area (Å²) in [5.74, 6) is 0. The van der Waals surface area contributed by atoms with Crippen LogP contribution in [0.4, 0.5) is 0 Å². The summed E-state index contributed by atoms with van der Waals surface area (Å²) in [4.78, 5) is 16.4. The number of hydrogen-bond donors (Lipinski definition) is 0. The molecule has 1 aliphatic carbocycles. The predicted molar refractivity (Wildman–Crippen MR) is 94.4 cm³/mol. The molecule has 0 radical (unpaired) electrons. The lowest BCUT2D eigenvalue weighted by Crippen LogP contribution is -1.97. The first-order chi connectivity index (χ1) is 10.8. The third kappa shape index (κ3) is 2.44. The first-order valence-electron chi connectivity index (χ1n) is 7.30. The molecule has 1 nitrogen and oxygen atoms in total. The van der Waals surface area contributed by atoms with Gasteiger partial charge in [0.15, 0.2) is 0 Å². The number of carbonyl (C=O) groups is 1. The van der Waals surface area contributed by atoms with Gasteiger partial charge in [0.2, 0.25) is 0 Å². The highest BCUT2D eigenvalue weighted by Crippen LogP contribution is 2.54. The van der Waals surface area contributed by atoms with Crippen LogP contribution in [0.5, 0.6) is 0 Å². The van der Waals surface area contributed by atoms with E-state index in [1.165, 1.54) is 25.2 Å². The molecular formula is C19H14OS2. The zero-order valence-electron chi connectivity index (χ0n) is 11.9. The van der Waals surface area contributed by atoms with Gasteiger partial charge in [0.1, 0.15) is 6.29 Å². The fourth-order valence-electron chi connectivity index (χ4n) is 2.75. The van der Waals surface area contributed by atoms with E-state index in [1.54, 1.807) is 0 Å². The minimum Gasteiger partial charge on any atom is -0.298 e. The number of benzene rings is 2. The largest absolute Gasteiger partial charge is 0.298 e. The molecule has 2 aromatic carbocycles. The Morgan fingerprint density at radius 1 is 0.909 bits per heavy atom. The Kier molecular flexibility index (Phi) is 3.68. The Hall–Kier alpha value is -1.71. The van der Waals surface area contributed by atoms with Gasteiger partial charge in [0, 0.05) is 25.2 Å². The number of fused-ring (bicyclic) bond motifs is 2. The second-order valence-corrected chi connectivity index (χ2v) is 7.43. The van der Waals surface area contributed by atoms with Gasteiger partial charge in [-0.15, -0.1) is 0 Å². The summed E-state index contributed by atoms with van der Waals surface area (Å²) >= 11 is 3.72. The number of rotatable bonds is 2. The second-order valence-electron chi connectivity index (χ2n) is 5.29. The van der Waals surface area contributed by atoms with Crippen LogP contribution in [0.1, 0.15) is 23.2 Å². The van der Waals surface area contributed by atoms with Crippen molar-refractivity contribution in [3.8, 4) is 11.1 Å². The summed E-state index contributed by atoms with van der Waals surface area (Å²) in [7, 11) is 0. The molecule has 2 aliphatic rings. The van der Waals surface area contributed by atoms with E-state index in [-0.39, 0.29) is 0 Å². The van der Waals surface area contributed by atoms with Gasteiger partial charge in [-0.25, -0.2) is 0 Å².